The van der Waals surface area contributed by atoms with Crippen LogP contribution in [0.3, 0.4) is 0 Å². The summed E-state index contributed by atoms with van der Waals surface area (Å²) in [5, 5.41) is 6.14. The van der Waals surface area contributed by atoms with Gasteiger partial charge in [-0.15, -0.1) is 11.3 Å². The zero-order valence-electron chi connectivity index (χ0n) is 12.5. The van der Waals surface area contributed by atoms with Crippen molar-refractivity contribution in [3.63, 3.8) is 0 Å². The van der Waals surface area contributed by atoms with Crippen LogP contribution >= 0.6 is 34.5 Å². The lowest BCUT2D eigenvalue weighted by Gasteiger charge is -2.04. The molecule has 122 valence electrons. The Morgan fingerprint density at radius 1 is 1.21 bits per heavy atom. The summed E-state index contributed by atoms with van der Waals surface area (Å²) in [5.41, 5.74) is 2.05. The molecule has 1 N–H and O–H groups in total. The Morgan fingerprint density at radius 2 is 2.04 bits per heavy atom. The van der Waals surface area contributed by atoms with Crippen LogP contribution < -0.4 is 10.1 Å². The quantitative estimate of drug-likeness (QED) is 0.662. The third-order valence-electron chi connectivity index (χ3n) is 3.26. The summed E-state index contributed by atoms with van der Waals surface area (Å²) < 4.78 is 5.13. The van der Waals surface area contributed by atoms with Crippen LogP contribution in [0.2, 0.25) is 10.0 Å². The van der Waals surface area contributed by atoms with Crippen molar-refractivity contribution < 1.29 is 9.53 Å². The van der Waals surface area contributed by atoms with E-state index < -0.39 is 0 Å². The van der Waals surface area contributed by atoms with Crippen LogP contribution in [0.5, 0.6) is 5.75 Å². The van der Waals surface area contributed by atoms with E-state index in [9.17, 15) is 4.79 Å². The lowest BCUT2D eigenvalue weighted by atomic mass is 10.2. The lowest BCUT2D eigenvalue weighted by Crippen LogP contribution is -2.11. The molecule has 0 aliphatic heterocycles. The van der Waals surface area contributed by atoms with E-state index in [1.54, 1.807) is 43.5 Å². The Morgan fingerprint density at radius 3 is 2.75 bits per heavy atom. The molecule has 1 aromatic heterocycles. The van der Waals surface area contributed by atoms with Crippen molar-refractivity contribution in [3.8, 4) is 17.0 Å². The van der Waals surface area contributed by atoms with Gasteiger partial charge in [-0.25, -0.2) is 4.98 Å². The first kappa shape index (κ1) is 16.8. The van der Waals surface area contributed by atoms with Crippen LogP contribution in [0.25, 0.3) is 11.3 Å². The van der Waals surface area contributed by atoms with E-state index in [2.05, 4.69) is 10.3 Å². The highest BCUT2D eigenvalue weighted by Gasteiger charge is 2.11. The van der Waals surface area contributed by atoms with Gasteiger partial charge in [-0.2, -0.15) is 0 Å². The molecule has 2 aromatic carbocycles. The number of thiazole rings is 1. The molecule has 1 amide bonds. The van der Waals surface area contributed by atoms with E-state index in [0.29, 0.717) is 26.5 Å². The molecule has 0 spiro atoms. The summed E-state index contributed by atoms with van der Waals surface area (Å²) in [5.74, 6) is 0.344. The zero-order valence-corrected chi connectivity index (χ0v) is 14.9. The molecule has 0 fully saturated rings. The Hall–Kier alpha value is -2.08. The zero-order chi connectivity index (χ0) is 17.1. The van der Waals surface area contributed by atoms with E-state index in [1.165, 1.54) is 11.3 Å². The summed E-state index contributed by atoms with van der Waals surface area (Å²) in [6, 6.07) is 12.2. The third-order valence-corrected chi connectivity index (χ3v) is 4.55. The number of aromatic nitrogens is 1. The maximum absolute atomic E-state index is 12.2. The van der Waals surface area contributed by atoms with Gasteiger partial charge in [0.2, 0.25) is 0 Å². The molecule has 0 aliphatic carbocycles. The number of benzene rings is 2. The fourth-order valence-electron chi connectivity index (χ4n) is 2.09. The number of hydrogen-bond acceptors (Lipinski definition) is 4. The smallest absolute Gasteiger partial charge is 0.257 e. The number of hydrogen-bond donors (Lipinski definition) is 1. The molecule has 0 aliphatic rings. The molecule has 3 rings (SSSR count). The van der Waals surface area contributed by atoms with Crippen molar-refractivity contribution in [2.75, 3.05) is 12.4 Å². The molecular weight excluding hydrogens is 367 g/mol. The van der Waals surface area contributed by atoms with Gasteiger partial charge in [-0.3, -0.25) is 10.1 Å². The first-order valence-corrected chi connectivity index (χ1v) is 8.57. The summed E-state index contributed by atoms with van der Waals surface area (Å²) in [4.78, 5) is 16.6. The fourth-order valence-corrected chi connectivity index (χ4v) is 3.25. The van der Waals surface area contributed by atoms with Gasteiger partial charge >= 0.3 is 0 Å². The van der Waals surface area contributed by atoms with Gasteiger partial charge in [0.15, 0.2) is 5.13 Å². The number of nitrogens with one attached hydrogen (secondary N) is 1. The van der Waals surface area contributed by atoms with Crippen molar-refractivity contribution >= 4 is 45.6 Å². The van der Waals surface area contributed by atoms with Crippen molar-refractivity contribution in [3.05, 3.63) is 63.5 Å². The van der Waals surface area contributed by atoms with Gasteiger partial charge in [0.25, 0.3) is 5.91 Å². The molecule has 0 radical (unpaired) electrons. The van der Waals surface area contributed by atoms with Crippen molar-refractivity contribution in [1.29, 1.82) is 0 Å². The highest BCUT2D eigenvalue weighted by atomic mass is 35.5. The van der Waals surface area contributed by atoms with Crippen LogP contribution in [-0.4, -0.2) is 18.0 Å². The number of nitrogens with zero attached hydrogens (tertiary/aromatic N) is 1. The molecule has 0 unspecified atom stereocenters. The van der Waals surface area contributed by atoms with Gasteiger partial charge in [-0.1, -0.05) is 29.3 Å². The number of anilines is 1. The maximum Gasteiger partial charge on any atom is 0.257 e. The SMILES string of the molecule is COc1ccc(-c2csc(NC(=O)c3cccc(Cl)c3)n2)cc1Cl. The van der Waals surface area contributed by atoms with Gasteiger partial charge < -0.3 is 4.74 Å². The van der Waals surface area contributed by atoms with E-state index in [0.717, 1.165) is 11.3 Å². The molecule has 0 bridgehead atoms. The van der Waals surface area contributed by atoms with Crippen molar-refractivity contribution in [2.24, 2.45) is 0 Å². The number of carbonyl (C=O) groups excluding carboxylic acids is 1. The van der Waals surface area contributed by atoms with E-state index >= 15 is 0 Å². The van der Waals surface area contributed by atoms with E-state index in [4.69, 9.17) is 27.9 Å². The largest absolute Gasteiger partial charge is 0.495 e. The Kier molecular flexibility index (Phi) is 5.04. The molecule has 4 nitrogen and oxygen atoms in total. The lowest BCUT2D eigenvalue weighted by molar-refractivity contribution is 0.102. The molecule has 3 aromatic rings. The van der Waals surface area contributed by atoms with E-state index in [-0.39, 0.29) is 5.91 Å². The van der Waals surface area contributed by atoms with Gasteiger partial charge in [0, 0.05) is 21.5 Å². The number of halogens is 2. The second-order valence-electron chi connectivity index (χ2n) is 4.85. The molecule has 0 atom stereocenters. The van der Waals surface area contributed by atoms with Gasteiger partial charge in [-0.05, 0) is 36.4 Å². The average Bonchev–Trinajstić information content (AvgIpc) is 3.03. The van der Waals surface area contributed by atoms with Crippen molar-refractivity contribution in [2.45, 2.75) is 0 Å². The molecule has 0 saturated carbocycles. The van der Waals surface area contributed by atoms with Gasteiger partial charge in [0.05, 0.1) is 17.8 Å². The first-order valence-electron chi connectivity index (χ1n) is 6.93. The van der Waals surface area contributed by atoms with Crippen LogP contribution in [0.1, 0.15) is 10.4 Å². The highest BCUT2D eigenvalue weighted by molar-refractivity contribution is 7.14. The van der Waals surface area contributed by atoms with E-state index in [1.807, 2.05) is 11.4 Å². The fraction of sp³-hybridized carbons (Fsp3) is 0.0588. The van der Waals surface area contributed by atoms with Crippen LogP contribution in [0.4, 0.5) is 5.13 Å². The monoisotopic (exact) mass is 378 g/mol. The minimum absolute atomic E-state index is 0.258. The second-order valence-corrected chi connectivity index (χ2v) is 6.55. The highest BCUT2D eigenvalue weighted by Crippen LogP contribution is 2.31. The predicted octanol–water partition coefficient (Wildman–Crippen LogP) is 5.38. The Balaban J connectivity index is 1.78. The number of methoxy groups -OCH3 is 1. The van der Waals surface area contributed by atoms with Crippen molar-refractivity contribution in [1.82, 2.24) is 4.98 Å². The van der Waals surface area contributed by atoms with Gasteiger partial charge in [0.1, 0.15) is 5.75 Å². The number of rotatable bonds is 4. The standard InChI is InChI=1S/C17H12Cl2N2O2S/c1-23-15-6-5-10(8-13(15)19)14-9-24-17(20-14)21-16(22)11-3-2-4-12(18)7-11/h2-9H,1H3,(H,20,21,22). The van der Waals surface area contributed by atoms with Crippen LogP contribution in [0, 0.1) is 0 Å². The summed E-state index contributed by atoms with van der Waals surface area (Å²) in [6.45, 7) is 0. The minimum atomic E-state index is -0.258. The second kappa shape index (κ2) is 7.21. The summed E-state index contributed by atoms with van der Waals surface area (Å²) in [6.07, 6.45) is 0. The molecule has 7 heteroatoms. The third kappa shape index (κ3) is 3.70. The summed E-state index contributed by atoms with van der Waals surface area (Å²) in [7, 11) is 1.56. The van der Waals surface area contributed by atoms with Crippen LogP contribution in [-0.2, 0) is 0 Å². The number of amides is 1. The predicted molar refractivity (Wildman–Crippen MR) is 98.5 cm³/mol. The average molecular weight is 379 g/mol. The topological polar surface area (TPSA) is 51.2 Å². The minimum Gasteiger partial charge on any atom is -0.495 e. The Labute approximate surface area is 153 Å². The Bertz CT molecular complexity index is 896. The maximum atomic E-state index is 12.2. The molecular formula is C17H12Cl2N2O2S. The number of ether oxygens (including phenoxy) is 1. The number of carbonyl (C=O) groups is 1. The first-order chi connectivity index (χ1) is 11.6. The normalized spacial score (nSPS) is 10.5. The molecule has 0 saturated heterocycles. The molecule has 1 heterocycles. The van der Waals surface area contributed by atoms with Crippen LogP contribution in [0.15, 0.2) is 47.8 Å². The summed E-state index contributed by atoms with van der Waals surface area (Å²) >= 11 is 13.4. The molecule has 24 heavy (non-hydrogen) atoms.